The van der Waals surface area contributed by atoms with Crippen LogP contribution < -0.4 is 16.0 Å². The van der Waals surface area contributed by atoms with Gasteiger partial charge in [0.15, 0.2) is 5.16 Å². The number of ether oxygens (including phenoxy) is 1. The van der Waals surface area contributed by atoms with Crippen molar-refractivity contribution < 1.29 is 9.53 Å². The van der Waals surface area contributed by atoms with Crippen molar-refractivity contribution in [3.05, 3.63) is 125 Å². The number of benzene rings is 4. The second-order valence-electron chi connectivity index (χ2n) is 7.77. The van der Waals surface area contributed by atoms with Gasteiger partial charge in [0.2, 0.25) is 5.91 Å². The number of nitrogens with two attached hydrogens (primary N) is 1. The Bertz CT molecular complexity index is 1540. The van der Waals surface area contributed by atoms with Crippen LogP contribution in [0.5, 0.6) is 11.5 Å². The molecule has 0 fully saturated rings. The number of hydrogen-bond acceptors (Lipinski definition) is 5. The molecular formula is C28H21N3O3S. The second-order valence-corrected chi connectivity index (χ2v) is 8.84. The smallest absolute Gasteiger partial charge is 0.266 e. The fraction of sp³-hybridized carbons (Fsp3) is 0.0357. The number of nitrogens with zero attached hydrogens (tertiary/aromatic N) is 2. The summed E-state index contributed by atoms with van der Waals surface area (Å²) in [5.41, 5.74) is 7.43. The summed E-state index contributed by atoms with van der Waals surface area (Å²) in [4.78, 5) is 30.7. The van der Waals surface area contributed by atoms with E-state index in [9.17, 15) is 9.59 Å². The van der Waals surface area contributed by atoms with Gasteiger partial charge < -0.3 is 10.5 Å². The van der Waals surface area contributed by atoms with Crippen molar-refractivity contribution in [2.45, 2.75) is 10.4 Å². The zero-order valence-corrected chi connectivity index (χ0v) is 19.4. The van der Waals surface area contributed by atoms with Crippen LogP contribution in [0.2, 0.25) is 0 Å². The summed E-state index contributed by atoms with van der Waals surface area (Å²) in [7, 11) is 0. The van der Waals surface area contributed by atoms with Crippen LogP contribution in [0.15, 0.2) is 119 Å². The molecule has 0 radical (unpaired) electrons. The molecule has 0 bridgehead atoms. The molecule has 0 saturated heterocycles. The van der Waals surface area contributed by atoms with E-state index in [2.05, 4.69) is 0 Å². The van der Waals surface area contributed by atoms with Gasteiger partial charge in [0.05, 0.1) is 16.6 Å². The minimum Gasteiger partial charge on any atom is -0.457 e. The van der Waals surface area contributed by atoms with Crippen LogP contribution in [0.25, 0.3) is 16.6 Å². The van der Waals surface area contributed by atoms with Gasteiger partial charge in [0, 0.05) is 0 Å². The molecule has 5 rings (SSSR count). The zero-order chi connectivity index (χ0) is 24.2. The summed E-state index contributed by atoms with van der Waals surface area (Å²) in [6, 6.07) is 33.0. The zero-order valence-electron chi connectivity index (χ0n) is 18.6. The van der Waals surface area contributed by atoms with E-state index in [1.807, 2.05) is 66.7 Å². The van der Waals surface area contributed by atoms with Gasteiger partial charge in [0.1, 0.15) is 16.7 Å². The van der Waals surface area contributed by atoms with Gasteiger partial charge >= 0.3 is 0 Å². The van der Waals surface area contributed by atoms with Gasteiger partial charge in [-0.05, 0) is 54.1 Å². The number of para-hydroxylation sites is 2. The lowest BCUT2D eigenvalue weighted by Gasteiger charge is -2.18. The lowest BCUT2D eigenvalue weighted by Crippen LogP contribution is -2.24. The van der Waals surface area contributed by atoms with E-state index in [0.29, 0.717) is 33.2 Å². The Hall–Kier alpha value is -4.36. The summed E-state index contributed by atoms with van der Waals surface area (Å²) < 4.78 is 7.40. The van der Waals surface area contributed by atoms with Crippen molar-refractivity contribution >= 4 is 28.6 Å². The van der Waals surface area contributed by atoms with E-state index in [1.165, 1.54) is 4.57 Å². The average molecular weight is 480 g/mol. The largest absolute Gasteiger partial charge is 0.457 e. The normalized spacial score (nSPS) is 11.8. The molecule has 1 amide bonds. The number of carbonyl (C=O) groups is 1. The molecule has 35 heavy (non-hydrogen) atoms. The number of fused-ring (bicyclic) bond motifs is 1. The first-order valence-corrected chi connectivity index (χ1v) is 11.8. The molecule has 1 atom stereocenters. The molecule has 6 nitrogen and oxygen atoms in total. The van der Waals surface area contributed by atoms with Crippen LogP contribution in [0.1, 0.15) is 10.8 Å². The quantitative estimate of drug-likeness (QED) is 0.246. The maximum absolute atomic E-state index is 13.6. The molecule has 2 N–H and O–H groups in total. The van der Waals surface area contributed by atoms with Crippen LogP contribution in [-0.2, 0) is 4.79 Å². The van der Waals surface area contributed by atoms with Crippen molar-refractivity contribution in [3.8, 4) is 17.2 Å². The molecule has 7 heteroatoms. The molecule has 5 aromatic rings. The minimum atomic E-state index is -0.712. The molecule has 1 aromatic heterocycles. The molecule has 0 saturated carbocycles. The number of thioether (sulfide) groups is 1. The number of carbonyl (C=O) groups excluding carboxylic acids is 1. The molecule has 172 valence electrons. The highest BCUT2D eigenvalue weighted by atomic mass is 32.2. The predicted octanol–water partition coefficient (Wildman–Crippen LogP) is 5.50. The summed E-state index contributed by atoms with van der Waals surface area (Å²) in [5.74, 6) is 0.838. The third-order valence-electron chi connectivity index (χ3n) is 5.40. The van der Waals surface area contributed by atoms with Crippen molar-refractivity contribution in [1.82, 2.24) is 9.55 Å². The highest BCUT2D eigenvalue weighted by Crippen LogP contribution is 2.35. The van der Waals surface area contributed by atoms with Crippen LogP contribution in [0, 0.1) is 0 Å². The van der Waals surface area contributed by atoms with E-state index in [-0.39, 0.29) is 5.56 Å². The summed E-state index contributed by atoms with van der Waals surface area (Å²) in [5, 5.41) is 0.145. The number of hydrogen-bond donors (Lipinski definition) is 1. The molecule has 0 aliphatic carbocycles. The molecule has 0 spiro atoms. The van der Waals surface area contributed by atoms with Crippen LogP contribution >= 0.6 is 11.8 Å². The fourth-order valence-electron chi connectivity index (χ4n) is 3.73. The Balaban J connectivity index is 1.59. The standard InChI is InChI=1S/C28H21N3O3S/c29-26(32)25(19-9-3-1-4-10-19)35-28-30-24-14-8-7-13-23(24)27(33)31(28)20-15-17-22(18-16-20)34-21-11-5-2-6-12-21/h1-18,25H,(H2,29,32). The van der Waals surface area contributed by atoms with Gasteiger partial charge in [-0.25, -0.2) is 4.98 Å². The molecule has 0 aliphatic heterocycles. The van der Waals surface area contributed by atoms with E-state index in [1.54, 1.807) is 42.5 Å². The van der Waals surface area contributed by atoms with E-state index < -0.39 is 11.2 Å². The Morgan fingerprint density at radius 3 is 2.09 bits per heavy atom. The van der Waals surface area contributed by atoms with Crippen LogP contribution in [-0.4, -0.2) is 15.5 Å². The molecule has 1 unspecified atom stereocenters. The maximum Gasteiger partial charge on any atom is 0.266 e. The van der Waals surface area contributed by atoms with Crippen molar-refractivity contribution in [2.24, 2.45) is 5.73 Å². The minimum absolute atomic E-state index is 0.230. The Morgan fingerprint density at radius 1 is 0.800 bits per heavy atom. The number of rotatable bonds is 7. The van der Waals surface area contributed by atoms with Crippen molar-refractivity contribution in [3.63, 3.8) is 0 Å². The third-order valence-corrected chi connectivity index (χ3v) is 6.63. The van der Waals surface area contributed by atoms with E-state index >= 15 is 0 Å². The van der Waals surface area contributed by atoms with E-state index in [0.717, 1.165) is 17.3 Å². The molecule has 0 aliphatic rings. The first kappa shape index (κ1) is 22.4. The predicted molar refractivity (Wildman–Crippen MR) is 138 cm³/mol. The van der Waals surface area contributed by atoms with E-state index in [4.69, 9.17) is 15.5 Å². The highest BCUT2D eigenvalue weighted by molar-refractivity contribution is 8.00. The van der Waals surface area contributed by atoms with Gasteiger partial charge in [-0.2, -0.15) is 0 Å². The van der Waals surface area contributed by atoms with Gasteiger partial charge in [-0.1, -0.05) is 72.4 Å². The van der Waals surface area contributed by atoms with Crippen molar-refractivity contribution in [1.29, 1.82) is 0 Å². The topological polar surface area (TPSA) is 87.2 Å². The molecule has 4 aromatic carbocycles. The number of amides is 1. The first-order chi connectivity index (χ1) is 17.1. The first-order valence-electron chi connectivity index (χ1n) is 11.0. The maximum atomic E-state index is 13.6. The number of aromatic nitrogens is 2. The Labute approximate surface area is 206 Å². The average Bonchev–Trinajstić information content (AvgIpc) is 2.89. The molecule has 1 heterocycles. The lowest BCUT2D eigenvalue weighted by atomic mass is 10.1. The summed E-state index contributed by atoms with van der Waals surface area (Å²) in [6.45, 7) is 0. The Kier molecular flexibility index (Phi) is 6.32. The highest BCUT2D eigenvalue weighted by Gasteiger charge is 2.23. The van der Waals surface area contributed by atoms with Gasteiger partial charge in [0.25, 0.3) is 5.56 Å². The summed E-state index contributed by atoms with van der Waals surface area (Å²) >= 11 is 1.15. The molecular weight excluding hydrogens is 458 g/mol. The fourth-order valence-corrected chi connectivity index (χ4v) is 4.80. The monoisotopic (exact) mass is 479 g/mol. The van der Waals surface area contributed by atoms with Crippen LogP contribution in [0.4, 0.5) is 0 Å². The summed E-state index contributed by atoms with van der Waals surface area (Å²) in [6.07, 6.45) is 0. The van der Waals surface area contributed by atoms with Crippen molar-refractivity contribution in [2.75, 3.05) is 0 Å². The third kappa shape index (κ3) is 4.81. The lowest BCUT2D eigenvalue weighted by molar-refractivity contribution is -0.117. The van der Waals surface area contributed by atoms with Gasteiger partial charge in [-0.15, -0.1) is 0 Å². The second kappa shape index (κ2) is 9.87. The SMILES string of the molecule is NC(=O)C(Sc1nc2ccccc2c(=O)n1-c1ccc(Oc2ccccc2)cc1)c1ccccc1. The van der Waals surface area contributed by atoms with Crippen LogP contribution in [0.3, 0.4) is 0 Å². The van der Waals surface area contributed by atoms with Gasteiger partial charge in [-0.3, -0.25) is 14.2 Å². The number of primary amides is 1. The Morgan fingerprint density at radius 2 is 1.40 bits per heavy atom.